The Kier molecular flexibility index (Phi) is 4.67. The smallest absolute Gasteiger partial charge is 0.254 e. The minimum atomic E-state index is -0.148. The Labute approximate surface area is 88.7 Å². The van der Waals surface area contributed by atoms with Crippen molar-refractivity contribution in [3.05, 3.63) is 11.7 Å². The van der Waals surface area contributed by atoms with Crippen LogP contribution in [0.1, 0.15) is 38.6 Å². The molecular weight excluding hydrogens is 198 g/mol. The van der Waals surface area contributed by atoms with E-state index in [-0.39, 0.29) is 18.6 Å². The first-order valence-electron chi connectivity index (χ1n) is 4.94. The second-order valence-electron chi connectivity index (χ2n) is 3.48. The second kappa shape index (κ2) is 5.79. The average Bonchev–Trinajstić information content (AvgIpc) is 2.62. The average molecular weight is 215 g/mol. The number of aromatic nitrogens is 2. The summed E-state index contributed by atoms with van der Waals surface area (Å²) in [7, 11) is 0. The van der Waals surface area contributed by atoms with E-state index >= 15 is 0 Å². The molecule has 0 saturated carbocycles. The molecule has 0 saturated heterocycles. The zero-order chi connectivity index (χ0) is 11.3. The number of rotatable bonds is 6. The molecule has 86 valence electrons. The molecule has 6 nitrogen and oxygen atoms in total. The lowest BCUT2D eigenvalue weighted by Crippen LogP contribution is -2.13. The van der Waals surface area contributed by atoms with Gasteiger partial charge in [-0.05, 0) is 12.8 Å². The number of nitrogens with two attached hydrogens (primary N) is 1. The Morgan fingerprint density at radius 2 is 2.20 bits per heavy atom. The molecule has 0 aliphatic rings. The van der Waals surface area contributed by atoms with E-state index in [1.54, 1.807) is 0 Å². The fourth-order valence-electron chi connectivity index (χ4n) is 1.26. The number of hydrogen-bond acceptors (Lipinski definition) is 6. The molecule has 0 spiro atoms. The van der Waals surface area contributed by atoms with Crippen LogP contribution in [-0.4, -0.2) is 16.7 Å². The molecule has 2 N–H and O–H groups in total. The van der Waals surface area contributed by atoms with Gasteiger partial charge in [0.05, 0.1) is 0 Å². The van der Waals surface area contributed by atoms with Crippen LogP contribution in [0.4, 0.5) is 0 Å². The Morgan fingerprint density at radius 1 is 1.47 bits per heavy atom. The van der Waals surface area contributed by atoms with Crippen molar-refractivity contribution in [2.24, 2.45) is 11.8 Å². The summed E-state index contributed by atoms with van der Waals surface area (Å²) in [4.78, 5) is 8.54. The Bertz CT molecular complexity index is 288. The molecule has 1 atom stereocenters. The number of nitrogens with zero attached hydrogens (tertiary/aromatic N) is 2. The van der Waals surface area contributed by atoms with E-state index in [9.17, 15) is 0 Å². The standard InChI is InChI=1S/C9H17N3O3/c1-4-13-8(6(2)3)9-11-7(5-14-10)15-12-9/h6,8H,4-5,10H2,1-3H3. The van der Waals surface area contributed by atoms with Crippen molar-refractivity contribution in [1.29, 1.82) is 0 Å². The number of ether oxygens (including phenoxy) is 1. The highest BCUT2D eigenvalue weighted by Crippen LogP contribution is 2.23. The van der Waals surface area contributed by atoms with Gasteiger partial charge in [0.1, 0.15) is 12.7 Å². The quantitative estimate of drug-likeness (QED) is 0.718. The third kappa shape index (κ3) is 3.26. The lowest BCUT2D eigenvalue weighted by atomic mass is 10.1. The van der Waals surface area contributed by atoms with Gasteiger partial charge in [0.15, 0.2) is 0 Å². The van der Waals surface area contributed by atoms with Crippen LogP contribution in [0, 0.1) is 5.92 Å². The van der Waals surface area contributed by atoms with E-state index < -0.39 is 0 Å². The minimum absolute atomic E-state index is 0.115. The topological polar surface area (TPSA) is 83.4 Å². The SMILES string of the molecule is CCOC(c1noc(CON)n1)C(C)C. The first-order valence-corrected chi connectivity index (χ1v) is 4.94. The van der Waals surface area contributed by atoms with Gasteiger partial charge in [-0.1, -0.05) is 19.0 Å². The summed E-state index contributed by atoms with van der Waals surface area (Å²) in [6.07, 6.45) is -0.148. The third-order valence-corrected chi connectivity index (χ3v) is 1.90. The zero-order valence-corrected chi connectivity index (χ0v) is 9.27. The molecule has 1 rings (SSSR count). The van der Waals surface area contributed by atoms with Gasteiger partial charge in [-0.3, -0.25) is 4.84 Å². The normalized spacial score (nSPS) is 13.4. The van der Waals surface area contributed by atoms with Gasteiger partial charge in [0.2, 0.25) is 5.82 Å². The van der Waals surface area contributed by atoms with Crippen LogP contribution >= 0.6 is 0 Å². The van der Waals surface area contributed by atoms with Gasteiger partial charge in [0.25, 0.3) is 5.89 Å². The van der Waals surface area contributed by atoms with E-state index in [0.29, 0.717) is 18.3 Å². The van der Waals surface area contributed by atoms with E-state index in [4.69, 9.17) is 15.2 Å². The zero-order valence-electron chi connectivity index (χ0n) is 9.27. The molecule has 1 heterocycles. The first kappa shape index (κ1) is 12.1. The van der Waals surface area contributed by atoms with Crippen LogP contribution in [0.15, 0.2) is 4.52 Å². The van der Waals surface area contributed by atoms with E-state index in [1.165, 1.54) is 0 Å². The molecule has 0 amide bonds. The highest BCUT2D eigenvalue weighted by atomic mass is 16.6. The maximum atomic E-state index is 5.52. The van der Waals surface area contributed by atoms with Crippen molar-refractivity contribution in [2.45, 2.75) is 33.5 Å². The van der Waals surface area contributed by atoms with Crippen molar-refractivity contribution in [3.8, 4) is 0 Å². The summed E-state index contributed by atoms with van der Waals surface area (Å²) in [5.74, 6) is 6.09. The lowest BCUT2D eigenvalue weighted by molar-refractivity contribution is 0.0217. The van der Waals surface area contributed by atoms with Crippen LogP contribution in [0.3, 0.4) is 0 Å². The van der Waals surface area contributed by atoms with Gasteiger partial charge < -0.3 is 9.26 Å². The van der Waals surface area contributed by atoms with E-state index in [1.807, 2.05) is 20.8 Å². The van der Waals surface area contributed by atoms with Gasteiger partial charge in [-0.2, -0.15) is 4.98 Å². The van der Waals surface area contributed by atoms with Gasteiger partial charge >= 0.3 is 0 Å². The highest BCUT2D eigenvalue weighted by molar-refractivity contribution is 4.92. The Hall–Kier alpha value is -0.980. The fraction of sp³-hybridized carbons (Fsp3) is 0.778. The Morgan fingerprint density at radius 3 is 2.73 bits per heavy atom. The molecular formula is C9H17N3O3. The van der Waals surface area contributed by atoms with Crippen LogP contribution in [0.2, 0.25) is 0 Å². The number of hydrogen-bond donors (Lipinski definition) is 1. The lowest BCUT2D eigenvalue weighted by Gasteiger charge is -2.16. The Balaban J connectivity index is 2.72. The fourth-order valence-corrected chi connectivity index (χ4v) is 1.26. The van der Waals surface area contributed by atoms with Crippen molar-refractivity contribution in [2.75, 3.05) is 6.61 Å². The van der Waals surface area contributed by atoms with E-state index in [0.717, 1.165) is 0 Å². The summed E-state index contributed by atoms with van der Waals surface area (Å²) in [5.41, 5.74) is 0. The molecule has 0 aliphatic carbocycles. The molecule has 0 fully saturated rings. The van der Waals surface area contributed by atoms with Gasteiger partial charge in [-0.15, -0.1) is 0 Å². The summed E-state index contributed by atoms with van der Waals surface area (Å²) >= 11 is 0. The summed E-state index contributed by atoms with van der Waals surface area (Å²) in [5, 5.41) is 3.83. The molecule has 1 unspecified atom stereocenters. The molecule has 1 aromatic rings. The predicted octanol–water partition coefficient (Wildman–Crippen LogP) is 1.19. The molecule has 0 aliphatic heterocycles. The molecule has 1 aromatic heterocycles. The summed E-state index contributed by atoms with van der Waals surface area (Å²) < 4.78 is 10.5. The third-order valence-electron chi connectivity index (χ3n) is 1.90. The van der Waals surface area contributed by atoms with Crippen molar-refractivity contribution >= 4 is 0 Å². The second-order valence-corrected chi connectivity index (χ2v) is 3.48. The molecule has 6 heteroatoms. The summed E-state index contributed by atoms with van der Waals surface area (Å²) in [6, 6.07) is 0. The van der Waals surface area contributed by atoms with Crippen molar-refractivity contribution in [3.63, 3.8) is 0 Å². The highest BCUT2D eigenvalue weighted by Gasteiger charge is 2.21. The predicted molar refractivity (Wildman–Crippen MR) is 52.5 cm³/mol. The molecule has 15 heavy (non-hydrogen) atoms. The van der Waals surface area contributed by atoms with Crippen molar-refractivity contribution < 1.29 is 14.1 Å². The molecule has 0 bridgehead atoms. The maximum absolute atomic E-state index is 5.52. The minimum Gasteiger partial charge on any atom is -0.370 e. The molecule has 0 radical (unpaired) electrons. The van der Waals surface area contributed by atoms with Crippen LogP contribution < -0.4 is 5.90 Å². The van der Waals surface area contributed by atoms with Crippen LogP contribution in [-0.2, 0) is 16.2 Å². The first-order chi connectivity index (χ1) is 7.19. The largest absolute Gasteiger partial charge is 0.370 e. The van der Waals surface area contributed by atoms with E-state index in [2.05, 4.69) is 15.0 Å². The van der Waals surface area contributed by atoms with Crippen LogP contribution in [0.25, 0.3) is 0 Å². The van der Waals surface area contributed by atoms with Gasteiger partial charge in [-0.25, -0.2) is 5.90 Å². The summed E-state index contributed by atoms with van der Waals surface area (Å²) in [6.45, 7) is 6.73. The van der Waals surface area contributed by atoms with Crippen molar-refractivity contribution in [1.82, 2.24) is 10.1 Å². The molecule has 0 aromatic carbocycles. The van der Waals surface area contributed by atoms with Crippen LogP contribution in [0.5, 0.6) is 0 Å². The van der Waals surface area contributed by atoms with Gasteiger partial charge in [0, 0.05) is 6.61 Å². The maximum Gasteiger partial charge on any atom is 0.254 e. The monoisotopic (exact) mass is 215 g/mol.